The van der Waals surface area contributed by atoms with Crippen molar-refractivity contribution >= 4 is 69.2 Å². The van der Waals surface area contributed by atoms with Crippen LogP contribution in [-0.4, -0.2) is 22.7 Å². The summed E-state index contributed by atoms with van der Waals surface area (Å²) in [4.78, 5) is 27.0. The molecule has 1 heterocycles. The summed E-state index contributed by atoms with van der Waals surface area (Å²) in [5, 5.41) is 2.75. The number of carbonyl (C=O) groups excluding carboxylic acids is 2. The number of aryl methyl sites for hydroxylation is 1. The molecule has 1 saturated heterocycles. The zero-order chi connectivity index (χ0) is 26.7. The highest BCUT2D eigenvalue weighted by molar-refractivity contribution is 8.27. The number of hydrogen-bond acceptors (Lipinski definition) is 5. The van der Waals surface area contributed by atoms with E-state index < -0.39 is 24.3 Å². The lowest BCUT2D eigenvalue weighted by molar-refractivity contribution is -0.137. The molecule has 0 aliphatic carbocycles. The molecule has 190 valence electrons. The number of thiocarbonyl (C=S) groups is 1. The second-order valence-corrected chi connectivity index (χ2v) is 9.98. The van der Waals surface area contributed by atoms with Crippen LogP contribution in [0.25, 0.3) is 6.08 Å². The number of nitrogens with one attached hydrogen (secondary N) is 1. The van der Waals surface area contributed by atoms with Gasteiger partial charge in [-0.25, -0.2) is 0 Å². The number of benzene rings is 3. The number of anilines is 2. The fourth-order valence-electron chi connectivity index (χ4n) is 3.40. The molecule has 5 nitrogen and oxygen atoms in total. The van der Waals surface area contributed by atoms with Crippen molar-refractivity contribution in [3.05, 3.63) is 93.3 Å². The number of thioether (sulfide) groups is 1. The van der Waals surface area contributed by atoms with Crippen molar-refractivity contribution in [1.29, 1.82) is 0 Å². The molecule has 1 N–H and O–H groups in total. The number of hydrogen-bond donors (Lipinski definition) is 1. The third-order valence-corrected chi connectivity index (χ3v) is 6.97. The Balaban J connectivity index is 1.38. The molecule has 0 atom stereocenters. The van der Waals surface area contributed by atoms with Crippen LogP contribution in [0, 0.1) is 6.92 Å². The van der Waals surface area contributed by atoms with Crippen LogP contribution in [0.4, 0.5) is 24.5 Å². The van der Waals surface area contributed by atoms with E-state index in [0.29, 0.717) is 31.2 Å². The maximum Gasteiger partial charge on any atom is 0.418 e. The fourth-order valence-corrected chi connectivity index (χ4v) is 4.87. The maximum absolute atomic E-state index is 13.1. The molecule has 1 aliphatic rings. The van der Waals surface area contributed by atoms with Gasteiger partial charge in [0.05, 0.1) is 21.8 Å². The number of amides is 2. The number of nitrogens with zero attached hydrogens (tertiary/aromatic N) is 1. The molecular weight excluding hydrogens is 545 g/mol. The Bertz CT molecular complexity index is 1410. The number of ether oxygens (including phenoxy) is 1. The van der Waals surface area contributed by atoms with Gasteiger partial charge < -0.3 is 10.1 Å². The number of halogens is 4. The number of carbonyl (C=O) groups is 2. The largest absolute Gasteiger partial charge is 0.484 e. The summed E-state index contributed by atoms with van der Waals surface area (Å²) in [5.41, 5.74) is 0.879. The summed E-state index contributed by atoms with van der Waals surface area (Å²) in [6.07, 6.45) is -2.92. The minimum Gasteiger partial charge on any atom is -0.484 e. The van der Waals surface area contributed by atoms with E-state index >= 15 is 0 Å². The van der Waals surface area contributed by atoms with Crippen molar-refractivity contribution in [2.75, 3.05) is 16.8 Å². The maximum atomic E-state index is 13.1. The third kappa shape index (κ3) is 6.33. The normalized spacial score (nSPS) is 14.8. The smallest absolute Gasteiger partial charge is 0.418 e. The predicted octanol–water partition coefficient (Wildman–Crippen LogP) is 7.09. The Hall–Kier alpha value is -3.34. The van der Waals surface area contributed by atoms with Crippen molar-refractivity contribution in [3.8, 4) is 5.75 Å². The number of rotatable bonds is 6. The van der Waals surface area contributed by atoms with Crippen LogP contribution in [-0.2, 0) is 15.8 Å². The lowest BCUT2D eigenvalue weighted by atomic mass is 10.1. The lowest BCUT2D eigenvalue weighted by Crippen LogP contribution is -2.27. The van der Waals surface area contributed by atoms with Gasteiger partial charge in [0.25, 0.3) is 11.8 Å². The van der Waals surface area contributed by atoms with Crippen LogP contribution < -0.4 is 15.0 Å². The first-order valence-corrected chi connectivity index (χ1v) is 12.4. The molecule has 4 rings (SSSR count). The van der Waals surface area contributed by atoms with Crippen LogP contribution in [0.5, 0.6) is 5.75 Å². The fraction of sp³-hybridized carbons (Fsp3) is 0.115. The van der Waals surface area contributed by atoms with E-state index in [-0.39, 0.29) is 11.6 Å². The Morgan fingerprint density at radius 2 is 1.84 bits per heavy atom. The van der Waals surface area contributed by atoms with Crippen LogP contribution in [0.3, 0.4) is 0 Å². The summed E-state index contributed by atoms with van der Waals surface area (Å²) in [5.74, 6) is -0.676. The molecule has 0 aromatic heterocycles. The van der Waals surface area contributed by atoms with Crippen LogP contribution >= 0.6 is 35.6 Å². The molecule has 0 unspecified atom stereocenters. The van der Waals surface area contributed by atoms with Gasteiger partial charge in [0.15, 0.2) is 10.9 Å². The molecule has 1 aliphatic heterocycles. The zero-order valence-electron chi connectivity index (χ0n) is 19.1. The van der Waals surface area contributed by atoms with Crippen molar-refractivity contribution in [2.45, 2.75) is 13.1 Å². The molecule has 0 radical (unpaired) electrons. The van der Waals surface area contributed by atoms with E-state index in [0.717, 1.165) is 11.6 Å². The highest BCUT2D eigenvalue weighted by Crippen LogP contribution is 2.37. The van der Waals surface area contributed by atoms with Gasteiger partial charge in [-0.1, -0.05) is 65.9 Å². The van der Waals surface area contributed by atoms with Crippen LogP contribution in [0.1, 0.15) is 16.7 Å². The molecule has 1 fully saturated rings. The first-order chi connectivity index (χ1) is 17.5. The van der Waals surface area contributed by atoms with Crippen molar-refractivity contribution in [1.82, 2.24) is 0 Å². The third-order valence-electron chi connectivity index (χ3n) is 5.26. The molecule has 3 aromatic rings. The average molecular weight is 563 g/mol. The van der Waals surface area contributed by atoms with Gasteiger partial charge >= 0.3 is 6.18 Å². The van der Waals surface area contributed by atoms with Gasteiger partial charge in [-0.2, -0.15) is 13.2 Å². The monoisotopic (exact) mass is 562 g/mol. The molecular formula is C26H18ClF3N2O3S2. The highest BCUT2D eigenvalue weighted by Gasteiger charge is 2.34. The van der Waals surface area contributed by atoms with Crippen molar-refractivity contribution < 1.29 is 27.5 Å². The van der Waals surface area contributed by atoms with E-state index in [1.165, 1.54) is 34.9 Å². The lowest BCUT2D eigenvalue weighted by Gasteiger charge is -2.15. The van der Waals surface area contributed by atoms with Gasteiger partial charge in [0.2, 0.25) is 0 Å². The van der Waals surface area contributed by atoms with E-state index in [2.05, 4.69) is 5.32 Å². The van der Waals surface area contributed by atoms with E-state index in [1.54, 1.807) is 42.5 Å². The van der Waals surface area contributed by atoms with Gasteiger partial charge in [0.1, 0.15) is 5.75 Å². The zero-order valence-corrected chi connectivity index (χ0v) is 21.5. The minimum atomic E-state index is -4.60. The molecule has 0 saturated carbocycles. The first kappa shape index (κ1) is 26.7. The van der Waals surface area contributed by atoms with Gasteiger partial charge in [-0.3, -0.25) is 14.5 Å². The van der Waals surface area contributed by atoms with Crippen LogP contribution in [0.15, 0.2) is 71.6 Å². The Morgan fingerprint density at radius 3 is 2.51 bits per heavy atom. The summed E-state index contributed by atoms with van der Waals surface area (Å²) in [6, 6.07) is 16.5. The molecule has 0 bridgehead atoms. The summed E-state index contributed by atoms with van der Waals surface area (Å²) in [6.45, 7) is 1.38. The Kier molecular flexibility index (Phi) is 7.91. The first-order valence-electron chi connectivity index (χ1n) is 10.8. The van der Waals surface area contributed by atoms with E-state index in [1.807, 2.05) is 13.0 Å². The Labute approximate surface area is 225 Å². The van der Waals surface area contributed by atoms with E-state index in [4.69, 9.17) is 28.6 Å². The van der Waals surface area contributed by atoms with Gasteiger partial charge in [-0.05, 0) is 60.5 Å². The quantitative estimate of drug-likeness (QED) is 0.257. The second kappa shape index (κ2) is 11.0. The van der Waals surface area contributed by atoms with Gasteiger partial charge in [0, 0.05) is 5.02 Å². The second-order valence-electron chi connectivity index (χ2n) is 7.90. The summed E-state index contributed by atoms with van der Waals surface area (Å²) >= 11 is 12.7. The van der Waals surface area contributed by atoms with Crippen molar-refractivity contribution in [2.24, 2.45) is 0 Å². The van der Waals surface area contributed by atoms with Crippen molar-refractivity contribution in [3.63, 3.8) is 0 Å². The van der Waals surface area contributed by atoms with Crippen LogP contribution in [0.2, 0.25) is 5.02 Å². The van der Waals surface area contributed by atoms with E-state index in [9.17, 15) is 22.8 Å². The predicted molar refractivity (Wildman–Crippen MR) is 144 cm³/mol. The average Bonchev–Trinajstić information content (AvgIpc) is 3.12. The highest BCUT2D eigenvalue weighted by atomic mass is 35.5. The minimum absolute atomic E-state index is 0.272. The number of para-hydroxylation sites is 1. The molecule has 0 spiro atoms. The molecule has 11 heteroatoms. The topological polar surface area (TPSA) is 58.6 Å². The molecule has 3 aromatic carbocycles. The summed E-state index contributed by atoms with van der Waals surface area (Å²) < 4.78 is 45.1. The molecule has 2 amide bonds. The molecule has 37 heavy (non-hydrogen) atoms. The standard InChI is InChI=1S/C26H18ClF3N2O3S2/c1-15-6-9-17(13-20(15)27)32-24(34)22(37-25(32)36)12-16-7-10-18(11-8-16)35-14-23(33)31-21-5-3-2-4-19(21)26(28,29)30/h2-13H,14H2,1H3,(H,31,33)/b22-12-. The van der Waals surface area contributed by atoms with Gasteiger partial charge in [-0.15, -0.1) is 0 Å². The number of alkyl halides is 3. The Morgan fingerprint density at radius 1 is 1.14 bits per heavy atom. The SMILES string of the molecule is Cc1ccc(N2C(=O)/C(=C/c3ccc(OCC(=O)Nc4ccccc4C(F)(F)F)cc3)SC2=S)cc1Cl. The summed E-state index contributed by atoms with van der Waals surface area (Å²) in [7, 11) is 0.